The fourth-order valence-electron chi connectivity index (χ4n) is 1.55. The first-order valence-corrected chi connectivity index (χ1v) is 7.76. The van der Waals surface area contributed by atoms with E-state index in [1.165, 1.54) is 0 Å². The molecule has 2 atom stereocenters. The Kier molecular flexibility index (Phi) is 9.07. The lowest BCUT2D eigenvalue weighted by Crippen LogP contribution is -2.37. The molecule has 1 amide bonds. The zero-order valence-electron chi connectivity index (χ0n) is 15.4. The fourth-order valence-corrected chi connectivity index (χ4v) is 1.55. The smallest absolute Gasteiger partial charge is 0.408 e. The molecule has 0 bridgehead atoms. The molecular weight excluding hydrogens is 332 g/mol. The van der Waals surface area contributed by atoms with Gasteiger partial charge in [0, 0.05) is 6.92 Å². The van der Waals surface area contributed by atoms with Crippen molar-refractivity contribution in [2.24, 2.45) is 11.7 Å². The highest BCUT2D eigenvalue weighted by molar-refractivity contribution is 5.68. The minimum Gasteiger partial charge on any atom is -0.481 e. The summed E-state index contributed by atoms with van der Waals surface area (Å²) in [5, 5.41) is 26.7. The van der Waals surface area contributed by atoms with Gasteiger partial charge in [0.15, 0.2) is 0 Å². The van der Waals surface area contributed by atoms with Crippen LogP contribution in [0.3, 0.4) is 0 Å². The maximum absolute atomic E-state index is 11.9. The largest absolute Gasteiger partial charge is 0.481 e. The normalized spacial score (nSPS) is 13.5. The van der Waals surface area contributed by atoms with Gasteiger partial charge >= 0.3 is 6.09 Å². The standard InChI is InChI=1S/C13H24N4O4.C2H4O2/c1-7(2)9(15-12(19)21-13(3,4)5)11-17-16-10(20-11)8(14)6-18;1-2(3)4/h7-9,18H,6,14H2,1-5H3,(H,15,19);1H3,(H,3,4)/t8-,9-;/m0./s1. The molecule has 25 heavy (non-hydrogen) atoms. The summed E-state index contributed by atoms with van der Waals surface area (Å²) in [4.78, 5) is 20.9. The molecule has 0 saturated carbocycles. The molecule has 0 aliphatic heterocycles. The van der Waals surface area contributed by atoms with Crippen LogP contribution in [0.2, 0.25) is 0 Å². The van der Waals surface area contributed by atoms with Crippen LogP contribution in [0.5, 0.6) is 0 Å². The summed E-state index contributed by atoms with van der Waals surface area (Å²) in [7, 11) is 0. The molecule has 0 radical (unpaired) electrons. The summed E-state index contributed by atoms with van der Waals surface area (Å²) >= 11 is 0. The number of carbonyl (C=O) groups is 2. The SMILES string of the molecule is CC(=O)O.CC(C)[C@H](NC(=O)OC(C)(C)C)c1nnc([C@@H](N)CO)o1. The van der Waals surface area contributed by atoms with E-state index in [0.717, 1.165) is 6.92 Å². The van der Waals surface area contributed by atoms with Crippen molar-refractivity contribution in [1.29, 1.82) is 0 Å². The summed E-state index contributed by atoms with van der Waals surface area (Å²) in [5.41, 5.74) is 5.02. The molecule has 10 nitrogen and oxygen atoms in total. The van der Waals surface area contributed by atoms with E-state index < -0.39 is 29.7 Å². The number of aromatic nitrogens is 2. The highest BCUT2D eigenvalue weighted by Gasteiger charge is 2.27. The van der Waals surface area contributed by atoms with Gasteiger partial charge in [-0.05, 0) is 26.7 Å². The lowest BCUT2D eigenvalue weighted by Gasteiger charge is -2.23. The van der Waals surface area contributed by atoms with E-state index in [9.17, 15) is 4.79 Å². The van der Waals surface area contributed by atoms with Crippen LogP contribution in [0.1, 0.15) is 65.4 Å². The Morgan fingerprint density at radius 1 is 1.28 bits per heavy atom. The number of ether oxygens (including phenoxy) is 1. The number of alkyl carbamates (subject to hydrolysis) is 1. The minimum atomic E-state index is -0.833. The summed E-state index contributed by atoms with van der Waals surface area (Å²) in [6.45, 7) is 9.93. The monoisotopic (exact) mass is 360 g/mol. The van der Waals surface area contributed by atoms with Crippen molar-refractivity contribution in [3.8, 4) is 0 Å². The molecule has 0 spiro atoms. The Bertz CT molecular complexity index is 548. The van der Waals surface area contributed by atoms with Crippen molar-refractivity contribution in [2.75, 3.05) is 6.61 Å². The van der Waals surface area contributed by atoms with E-state index in [1.54, 1.807) is 20.8 Å². The second-order valence-corrected chi connectivity index (χ2v) is 6.65. The number of rotatable bonds is 5. The van der Waals surface area contributed by atoms with E-state index in [0.29, 0.717) is 0 Å². The first-order valence-electron chi connectivity index (χ1n) is 7.76. The van der Waals surface area contributed by atoms with Crippen LogP contribution in [0.15, 0.2) is 4.42 Å². The van der Waals surface area contributed by atoms with E-state index in [-0.39, 0.29) is 24.3 Å². The number of carbonyl (C=O) groups excluding carboxylic acids is 1. The van der Waals surface area contributed by atoms with E-state index >= 15 is 0 Å². The number of hydrogen-bond acceptors (Lipinski definition) is 8. The van der Waals surface area contributed by atoms with Gasteiger partial charge in [0.2, 0.25) is 11.8 Å². The number of nitrogens with zero attached hydrogens (tertiary/aromatic N) is 2. The van der Waals surface area contributed by atoms with Gasteiger partial charge in [-0.3, -0.25) is 4.79 Å². The number of carboxylic acid groups (broad SMARTS) is 1. The lowest BCUT2D eigenvalue weighted by atomic mass is 10.1. The molecule has 0 saturated heterocycles. The molecule has 10 heteroatoms. The number of aliphatic hydroxyl groups excluding tert-OH is 1. The Morgan fingerprint density at radius 2 is 1.76 bits per heavy atom. The molecule has 1 aromatic heterocycles. The van der Waals surface area contributed by atoms with Gasteiger partial charge < -0.3 is 30.4 Å². The molecule has 144 valence electrons. The number of amides is 1. The third-order valence-electron chi connectivity index (χ3n) is 2.58. The van der Waals surface area contributed by atoms with Crippen molar-refractivity contribution in [2.45, 2.75) is 59.2 Å². The van der Waals surface area contributed by atoms with Crippen molar-refractivity contribution in [3.05, 3.63) is 11.8 Å². The van der Waals surface area contributed by atoms with E-state index in [2.05, 4.69) is 15.5 Å². The van der Waals surface area contributed by atoms with Gasteiger partial charge in [0.25, 0.3) is 5.97 Å². The number of aliphatic carboxylic acids is 1. The number of hydrogen-bond donors (Lipinski definition) is 4. The Balaban J connectivity index is 0.00000129. The molecule has 0 aliphatic carbocycles. The first kappa shape index (κ1) is 22.8. The van der Waals surface area contributed by atoms with Gasteiger partial charge in [-0.15, -0.1) is 10.2 Å². The van der Waals surface area contributed by atoms with Crippen molar-refractivity contribution < 1.29 is 29.0 Å². The summed E-state index contributed by atoms with van der Waals surface area (Å²) < 4.78 is 10.6. The summed E-state index contributed by atoms with van der Waals surface area (Å²) in [6.07, 6.45) is -0.563. The molecule has 1 rings (SSSR count). The summed E-state index contributed by atoms with van der Waals surface area (Å²) in [6, 6.07) is -1.23. The zero-order chi connectivity index (χ0) is 19.8. The third-order valence-corrected chi connectivity index (χ3v) is 2.58. The quantitative estimate of drug-likeness (QED) is 0.607. The van der Waals surface area contributed by atoms with Crippen LogP contribution in [0.4, 0.5) is 4.79 Å². The fraction of sp³-hybridized carbons (Fsp3) is 0.733. The van der Waals surface area contributed by atoms with Crippen molar-refractivity contribution >= 4 is 12.1 Å². The highest BCUT2D eigenvalue weighted by atomic mass is 16.6. The van der Waals surface area contributed by atoms with Crippen LogP contribution in [0.25, 0.3) is 0 Å². The number of nitrogens with two attached hydrogens (primary N) is 1. The van der Waals surface area contributed by atoms with Gasteiger partial charge in [-0.1, -0.05) is 13.8 Å². The molecule has 1 aromatic rings. The minimum absolute atomic E-state index is 0.0103. The maximum atomic E-state index is 11.9. The highest BCUT2D eigenvalue weighted by Crippen LogP contribution is 2.22. The van der Waals surface area contributed by atoms with E-state index in [4.69, 9.17) is 29.9 Å². The average Bonchev–Trinajstić information content (AvgIpc) is 2.90. The van der Waals surface area contributed by atoms with Gasteiger partial charge in [-0.2, -0.15) is 0 Å². The van der Waals surface area contributed by atoms with Crippen LogP contribution < -0.4 is 11.1 Å². The molecule has 0 aliphatic rings. The topological polar surface area (TPSA) is 161 Å². The number of nitrogens with one attached hydrogen (secondary N) is 1. The van der Waals surface area contributed by atoms with Crippen LogP contribution in [-0.4, -0.2) is 44.7 Å². The Morgan fingerprint density at radius 3 is 2.16 bits per heavy atom. The van der Waals surface area contributed by atoms with Crippen molar-refractivity contribution in [3.63, 3.8) is 0 Å². The number of aliphatic hydroxyl groups is 1. The predicted octanol–water partition coefficient (Wildman–Crippen LogP) is 1.37. The molecule has 0 aromatic carbocycles. The second kappa shape index (κ2) is 9.94. The average molecular weight is 360 g/mol. The van der Waals surface area contributed by atoms with Crippen LogP contribution in [-0.2, 0) is 9.53 Å². The van der Waals surface area contributed by atoms with Crippen molar-refractivity contribution in [1.82, 2.24) is 15.5 Å². The molecule has 0 unspecified atom stereocenters. The Labute approximate surface area is 146 Å². The molecule has 1 heterocycles. The molecule has 5 N–H and O–H groups in total. The van der Waals surface area contributed by atoms with Gasteiger partial charge in [0.05, 0.1) is 6.61 Å². The molecular formula is C15H28N4O6. The van der Waals surface area contributed by atoms with Crippen LogP contribution >= 0.6 is 0 Å². The van der Waals surface area contributed by atoms with Gasteiger partial charge in [-0.25, -0.2) is 4.79 Å². The third kappa shape index (κ3) is 9.62. The maximum Gasteiger partial charge on any atom is 0.408 e. The van der Waals surface area contributed by atoms with E-state index in [1.807, 2.05) is 13.8 Å². The second-order valence-electron chi connectivity index (χ2n) is 6.65. The molecule has 0 fully saturated rings. The number of carboxylic acids is 1. The van der Waals surface area contributed by atoms with Gasteiger partial charge in [0.1, 0.15) is 17.7 Å². The van der Waals surface area contributed by atoms with Crippen LogP contribution in [0, 0.1) is 5.92 Å². The summed E-state index contributed by atoms with van der Waals surface area (Å²) in [5.74, 6) is -0.463. The first-order chi connectivity index (χ1) is 11.4. The lowest BCUT2D eigenvalue weighted by molar-refractivity contribution is -0.134. The zero-order valence-corrected chi connectivity index (χ0v) is 15.4. The predicted molar refractivity (Wildman–Crippen MR) is 88.6 cm³/mol. The Hall–Kier alpha value is -2.20.